The van der Waals surface area contributed by atoms with E-state index in [9.17, 15) is 22.5 Å². The number of hydrogen-bond acceptors (Lipinski definition) is 6. The van der Waals surface area contributed by atoms with E-state index in [-0.39, 0.29) is 23.5 Å². The maximum Gasteiger partial charge on any atom is 0.244 e. The zero-order valence-electron chi connectivity index (χ0n) is 16.3. The molecule has 10 heteroatoms. The summed E-state index contributed by atoms with van der Waals surface area (Å²) in [5.41, 5.74) is 1.33. The predicted molar refractivity (Wildman–Crippen MR) is 113 cm³/mol. The second kappa shape index (κ2) is 8.70. The SMILES string of the molecule is N#Cc1ccccc1S(=O)(=O)N1CCN(c2nc(Cc3cc(F)cc(F)c3)cs2)CC1. The van der Waals surface area contributed by atoms with Crippen molar-refractivity contribution in [3.05, 3.63) is 76.3 Å². The first-order valence-corrected chi connectivity index (χ1v) is 11.8. The molecule has 0 bridgehead atoms. The van der Waals surface area contributed by atoms with E-state index < -0.39 is 21.7 Å². The Bertz CT molecular complexity index is 1230. The number of aromatic nitrogens is 1. The topological polar surface area (TPSA) is 77.3 Å². The molecule has 1 aliphatic rings. The van der Waals surface area contributed by atoms with E-state index in [1.807, 2.05) is 16.3 Å². The highest BCUT2D eigenvalue weighted by Crippen LogP contribution is 2.26. The molecule has 1 aliphatic heterocycles. The minimum absolute atomic E-state index is 0.0183. The van der Waals surface area contributed by atoms with Crippen LogP contribution in [0.25, 0.3) is 0 Å². The number of anilines is 1. The van der Waals surface area contributed by atoms with Crippen LogP contribution >= 0.6 is 11.3 Å². The van der Waals surface area contributed by atoms with Crippen LogP contribution in [0.4, 0.5) is 13.9 Å². The number of halogens is 2. The first kappa shape index (κ1) is 21.4. The van der Waals surface area contributed by atoms with E-state index in [2.05, 4.69) is 4.98 Å². The summed E-state index contributed by atoms with van der Waals surface area (Å²) >= 11 is 1.41. The van der Waals surface area contributed by atoms with E-state index >= 15 is 0 Å². The summed E-state index contributed by atoms with van der Waals surface area (Å²) in [7, 11) is -3.76. The standard InChI is InChI=1S/C21H18F2N4O2S2/c22-17-9-15(10-18(23)12-17)11-19-14-30-21(25-19)26-5-7-27(8-6-26)31(28,29)20-4-2-1-3-16(20)13-24/h1-4,9-10,12,14H,5-8,11H2. The van der Waals surface area contributed by atoms with Crippen LogP contribution < -0.4 is 4.90 Å². The van der Waals surface area contributed by atoms with Crippen LogP contribution in [0.15, 0.2) is 52.7 Å². The van der Waals surface area contributed by atoms with E-state index in [0.717, 1.165) is 11.2 Å². The summed E-state index contributed by atoms with van der Waals surface area (Å²) in [5.74, 6) is -1.25. The molecule has 2 aromatic carbocycles. The Hall–Kier alpha value is -2.87. The van der Waals surface area contributed by atoms with Gasteiger partial charge in [0.15, 0.2) is 5.13 Å². The van der Waals surface area contributed by atoms with Gasteiger partial charge in [-0.3, -0.25) is 0 Å². The molecule has 160 valence electrons. The Balaban J connectivity index is 1.43. The lowest BCUT2D eigenvalue weighted by atomic mass is 10.1. The number of rotatable bonds is 5. The number of sulfonamides is 1. The minimum atomic E-state index is -3.76. The van der Waals surface area contributed by atoms with Crippen molar-refractivity contribution >= 4 is 26.5 Å². The van der Waals surface area contributed by atoms with Gasteiger partial charge in [0.05, 0.1) is 16.2 Å². The molecule has 0 radical (unpaired) electrons. The van der Waals surface area contributed by atoms with E-state index in [1.165, 1.54) is 39.9 Å². The Morgan fingerprint density at radius 2 is 1.74 bits per heavy atom. The third-order valence-electron chi connectivity index (χ3n) is 4.98. The van der Waals surface area contributed by atoms with Gasteiger partial charge in [0.2, 0.25) is 10.0 Å². The first-order chi connectivity index (χ1) is 14.9. The molecule has 0 N–H and O–H groups in total. The quantitative estimate of drug-likeness (QED) is 0.583. The van der Waals surface area contributed by atoms with Crippen molar-refractivity contribution in [2.45, 2.75) is 11.3 Å². The lowest BCUT2D eigenvalue weighted by Gasteiger charge is -2.33. The van der Waals surface area contributed by atoms with Gasteiger partial charge < -0.3 is 4.90 Å². The maximum absolute atomic E-state index is 13.4. The van der Waals surface area contributed by atoms with Crippen LogP contribution in [0.2, 0.25) is 0 Å². The predicted octanol–water partition coefficient (Wildman–Crippen LogP) is 3.39. The summed E-state index contributed by atoms with van der Waals surface area (Å²) in [6.45, 7) is 1.45. The Labute approximate surface area is 183 Å². The van der Waals surface area contributed by atoms with Gasteiger partial charge in [0.25, 0.3) is 0 Å². The molecule has 31 heavy (non-hydrogen) atoms. The smallest absolute Gasteiger partial charge is 0.244 e. The molecule has 6 nitrogen and oxygen atoms in total. The average Bonchev–Trinajstić information content (AvgIpc) is 3.21. The fourth-order valence-electron chi connectivity index (χ4n) is 3.49. The molecule has 0 unspecified atom stereocenters. The van der Waals surface area contributed by atoms with Crippen molar-refractivity contribution in [1.29, 1.82) is 5.26 Å². The normalized spacial score (nSPS) is 15.1. The third kappa shape index (κ3) is 4.58. The van der Waals surface area contributed by atoms with Gasteiger partial charge in [-0.1, -0.05) is 12.1 Å². The molecule has 1 saturated heterocycles. The van der Waals surface area contributed by atoms with Gasteiger partial charge in [-0.25, -0.2) is 22.2 Å². The molecule has 1 fully saturated rings. The average molecular weight is 461 g/mol. The molecule has 2 heterocycles. The van der Waals surface area contributed by atoms with Crippen molar-refractivity contribution in [2.75, 3.05) is 31.1 Å². The molecule has 0 amide bonds. The number of benzene rings is 2. The van der Waals surface area contributed by atoms with Crippen molar-refractivity contribution in [3.8, 4) is 6.07 Å². The largest absolute Gasteiger partial charge is 0.345 e. The van der Waals surface area contributed by atoms with Crippen molar-refractivity contribution in [3.63, 3.8) is 0 Å². The van der Waals surface area contributed by atoms with Gasteiger partial charge >= 0.3 is 0 Å². The second-order valence-electron chi connectivity index (χ2n) is 7.07. The van der Waals surface area contributed by atoms with Gasteiger partial charge in [0.1, 0.15) is 17.7 Å². The van der Waals surface area contributed by atoms with Crippen molar-refractivity contribution in [1.82, 2.24) is 9.29 Å². The zero-order chi connectivity index (χ0) is 22.0. The van der Waals surface area contributed by atoms with Crippen LogP contribution in [0, 0.1) is 23.0 Å². The van der Waals surface area contributed by atoms with Gasteiger partial charge in [-0.15, -0.1) is 11.3 Å². The number of piperazine rings is 1. The summed E-state index contributed by atoms with van der Waals surface area (Å²) in [4.78, 5) is 6.56. The minimum Gasteiger partial charge on any atom is -0.345 e. The number of nitrogens with zero attached hydrogens (tertiary/aromatic N) is 4. The highest BCUT2D eigenvalue weighted by atomic mass is 32.2. The Kier molecular flexibility index (Phi) is 6.00. The van der Waals surface area contributed by atoms with Crippen molar-refractivity contribution < 1.29 is 17.2 Å². The number of hydrogen-bond donors (Lipinski definition) is 0. The molecule has 0 spiro atoms. The Morgan fingerprint density at radius 3 is 2.42 bits per heavy atom. The van der Waals surface area contributed by atoms with Crippen LogP contribution in [0.1, 0.15) is 16.8 Å². The zero-order valence-corrected chi connectivity index (χ0v) is 18.0. The van der Waals surface area contributed by atoms with E-state index in [0.29, 0.717) is 30.8 Å². The van der Waals surface area contributed by atoms with Crippen LogP contribution in [0.3, 0.4) is 0 Å². The monoisotopic (exact) mass is 460 g/mol. The molecule has 1 aromatic heterocycles. The van der Waals surface area contributed by atoms with Crippen LogP contribution in [-0.4, -0.2) is 43.9 Å². The second-order valence-corrected chi connectivity index (χ2v) is 9.82. The van der Waals surface area contributed by atoms with Gasteiger partial charge in [-0.05, 0) is 29.8 Å². The molecular weight excluding hydrogens is 442 g/mol. The fourth-order valence-corrected chi connectivity index (χ4v) is 5.93. The summed E-state index contributed by atoms with van der Waals surface area (Å²) in [5, 5.41) is 11.8. The highest BCUT2D eigenvalue weighted by molar-refractivity contribution is 7.89. The van der Waals surface area contributed by atoms with Gasteiger partial charge in [0, 0.05) is 44.0 Å². The highest BCUT2D eigenvalue weighted by Gasteiger charge is 2.31. The fraction of sp³-hybridized carbons (Fsp3) is 0.238. The third-order valence-corrected chi connectivity index (χ3v) is 7.89. The molecular formula is C21H18F2N4O2S2. The lowest BCUT2D eigenvalue weighted by Crippen LogP contribution is -2.48. The van der Waals surface area contributed by atoms with Crippen LogP contribution in [-0.2, 0) is 16.4 Å². The summed E-state index contributed by atoms with van der Waals surface area (Å²) < 4.78 is 54.1. The summed E-state index contributed by atoms with van der Waals surface area (Å²) in [6.07, 6.45) is 0.310. The number of thiazole rings is 1. The lowest BCUT2D eigenvalue weighted by molar-refractivity contribution is 0.384. The van der Waals surface area contributed by atoms with Crippen molar-refractivity contribution in [2.24, 2.45) is 0 Å². The summed E-state index contributed by atoms with van der Waals surface area (Å²) in [6, 6.07) is 11.5. The molecule has 0 saturated carbocycles. The molecule has 0 aliphatic carbocycles. The van der Waals surface area contributed by atoms with Crippen LogP contribution in [0.5, 0.6) is 0 Å². The molecule has 0 atom stereocenters. The van der Waals surface area contributed by atoms with Gasteiger partial charge in [-0.2, -0.15) is 9.57 Å². The van der Waals surface area contributed by atoms with E-state index in [4.69, 9.17) is 0 Å². The molecule has 3 aromatic rings. The van der Waals surface area contributed by atoms with E-state index in [1.54, 1.807) is 12.1 Å². The number of nitriles is 1. The first-order valence-electron chi connectivity index (χ1n) is 9.50. The Morgan fingerprint density at radius 1 is 1.06 bits per heavy atom. The maximum atomic E-state index is 13.4. The molecule has 4 rings (SSSR count).